The molecule has 0 radical (unpaired) electrons. The first kappa shape index (κ1) is 16.3. The average molecular weight is 339 g/mol. The third kappa shape index (κ3) is 3.42. The van der Waals surface area contributed by atoms with Crippen LogP contribution in [0.25, 0.3) is 22.0 Å². The van der Waals surface area contributed by atoms with Crippen molar-refractivity contribution in [1.29, 1.82) is 0 Å². The SMILES string of the molecule is Cc1ccc(CNc2ncnc3cc(-c4cccc(C)c4)ccc23)cc1. The predicted octanol–water partition coefficient (Wildman–Crippen LogP) is 5.53. The summed E-state index contributed by atoms with van der Waals surface area (Å²) in [7, 11) is 0. The molecule has 0 fully saturated rings. The van der Waals surface area contributed by atoms with Crippen molar-refractivity contribution in [3.05, 3.63) is 89.7 Å². The number of hydrogen-bond acceptors (Lipinski definition) is 3. The zero-order valence-electron chi connectivity index (χ0n) is 15.0. The molecule has 0 spiro atoms. The van der Waals surface area contributed by atoms with Gasteiger partial charge in [0.25, 0.3) is 0 Å². The molecule has 0 aliphatic heterocycles. The van der Waals surface area contributed by atoms with E-state index in [1.807, 2.05) is 0 Å². The molecule has 0 unspecified atom stereocenters. The summed E-state index contributed by atoms with van der Waals surface area (Å²) in [6.07, 6.45) is 1.62. The van der Waals surface area contributed by atoms with Crippen molar-refractivity contribution in [3.8, 4) is 11.1 Å². The molecule has 0 aliphatic carbocycles. The lowest BCUT2D eigenvalue weighted by Gasteiger charge is -2.10. The smallest absolute Gasteiger partial charge is 0.137 e. The Kier molecular flexibility index (Phi) is 4.36. The van der Waals surface area contributed by atoms with Crippen LogP contribution >= 0.6 is 0 Å². The molecule has 3 nitrogen and oxygen atoms in total. The molecule has 3 aromatic carbocycles. The van der Waals surface area contributed by atoms with Gasteiger partial charge < -0.3 is 5.32 Å². The molecular formula is C23H21N3. The van der Waals surface area contributed by atoms with Crippen LogP contribution < -0.4 is 5.32 Å². The van der Waals surface area contributed by atoms with E-state index in [1.54, 1.807) is 6.33 Å². The number of hydrogen-bond donors (Lipinski definition) is 1. The summed E-state index contributed by atoms with van der Waals surface area (Å²) in [5.74, 6) is 0.867. The minimum absolute atomic E-state index is 0.742. The lowest BCUT2D eigenvalue weighted by molar-refractivity contribution is 1.10. The van der Waals surface area contributed by atoms with E-state index in [0.29, 0.717) is 0 Å². The summed E-state index contributed by atoms with van der Waals surface area (Å²) in [4.78, 5) is 8.90. The number of aromatic nitrogens is 2. The van der Waals surface area contributed by atoms with E-state index in [1.165, 1.54) is 27.8 Å². The van der Waals surface area contributed by atoms with Gasteiger partial charge in [0.15, 0.2) is 0 Å². The standard InChI is InChI=1S/C23H21N3/c1-16-6-8-18(9-7-16)14-24-23-21-11-10-20(13-22(21)25-15-26-23)19-5-3-4-17(2)12-19/h3-13,15H,14H2,1-2H3,(H,24,25,26). The number of anilines is 1. The summed E-state index contributed by atoms with van der Waals surface area (Å²) < 4.78 is 0. The highest BCUT2D eigenvalue weighted by atomic mass is 15.0. The minimum atomic E-state index is 0.742. The summed E-state index contributed by atoms with van der Waals surface area (Å²) in [6, 6.07) is 23.4. The maximum atomic E-state index is 4.47. The first-order chi connectivity index (χ1) is 12.7. The Balaban J connectivity index is 1.63. The molecule has 0 bridgehead atoms. The third-order valence-corrected chi connectivity index (χ3v) is 4.57. The molecule has 128 valence electrons. The van der Waals surface area contributed by atoms with Gasteiger partial charge in [0.2, 0.25) is 0 Å². The van der Waals surface area contributed by atoms with Crippen LogP contribution in [0.4, 0.5) is 5.82 Å². The van der Waals surface area contributed by atoms with Gasteiger partial charge in [-0.15, -0.1) is 0 Å². The number of fused-ring (bicyclic) bond motifs is 1. The lowest BCUT2D eigenvalue weighted by Crippen LogP contribution is -2.02. The highest BCUT2D eigenvalue weighted by Crippen LogP contribution is 2.27. The van der Waals surface area contributed by atoms with Crippen LogP contribution in [0.15, 0.2) is 73.1 Å². The Labute approximate surface area is 153 Å². The van der Waals surface area contributed by atoms with E-state index in [-0.39, 0.29) is 0 Å². The first-order valence-corrected chi connectivity index (χ1v) is 8.80. The zero-order valence-corrected chi connectivity index (χ0v) is 15.0. The predicted molar refractivity (Wildman–Crippen MR) is 108 cm³/mol. The number of aryl methyl sites for hydroxylation is 2. The van der Waals surface area contributed by atoms with E-state index >= 15 is 0 Å². The van der Waals surface area contributed by atoms with Crippen molar-refractivity contribution >= 4 is 16.7 Å². The monoisotopic (exact) mass is 339 g/mol. The highest BCUT2D eigenvalue weighted by molar-refractivity contribution is 5.91. The van der Waals surface area contributed by atoms with Crippen LogP contribution in [0.3, 0.4) is 0 Å². The van der Waals surface area contributed by atoms with Crippen molar-refractivity contribution in [2.75, 3.05) is 5.32 Å². The second-order valence-electron chi connectivity index (χ2n) is 6.66. The fourth-order valence-electron chi connectivity index (χ4n) is 3.09. The van der Waals surface area contributed by atoms with Gasteiger partial charge in [-0.2, -0.15) is 0 Å². The van der Waals surface area contributed by atoms with Crippen LogP contribution in [-0.2, 0) is 6.54 Å². The van der Waals surface area contributed by atoms with Gasteiger partial charge in [0.1, 0.15) is 12.1 Å². The summed E-state index contributed by atoms with van der Waals surface area (Å²) in [5.41, 5.74) is 7.09. The fourth-order valence-corrected chi connectivity index (χ4v) is 3.09. The van der Waals surface area contributed by atoms with Crippen LogP contribution in [-0.4, -0.2) is 9.97 Å². The molecule has 0 aliphatic rings. The third-order valence-electron chi connectivity index (χ3n) is 4.57. The number of nitrogens with one attached hydrogen (secondary N) is 1. The second kappa shape index (κ2) is 6.96. The Morgan fingerprint density at radius 3 is 2.38 bits per heavy atom. The second-order valence-corrected chi connectivity index (χ2v) is 6.66. The maximum Gasteiger partial charge on any atom is 0.137 e. The Hall–Kier alpha value is -3.20. The molecule has 26 heavy (non-hydrogen) atoms. The molecule has 0 saturated carbocycles. The molecule has 4 rings (SSSR count). The van der Waals surface area contributed by atoms with Gasteiger partial charge in [0.05, 0.1) is 5.52 Å². The molecule has 0 saturated heterocycles. The Morgan fingerprint density at radius 1 is 0.769 bits per heavy atom. The van der Waals surface area contributed by atoms with Crippen molar-refractivity contribution in [1.82, 2.24) is 9.97 Å². The number of benzene rings is 3. The van der Waals surface area contributed by atoms with E-state index in [9.17, 15) is 0 Å². The zero-order chi connectivity index (χ0) is 17.9. The lowest BCUT2D eigenvalue weighted by atomic mass is 10.0. The average Bonchev–Trinajstić information content (AvgIpc) is 2.67. The molecule has 1 aromatic heterocycles. The van der Waals surface area contributed by atoms with Crippen molar-refractivity contribution in [2.45, 2.75) is 20.4 Å². The van der Waals surface area contributed by atoms with Crippen LogP contribution in [0.5, 0.6) is 0 Å². The van der Waals surface area contributed by atoms with Gasteiger partial charge in [-0.05, 0) is 42.7 Å². The van der Waals surface area contributed by atoms with Gasteiger partial charge >= 0.3 is 0 Å². The Morgan fingerprint density at radius 2 is 1.58 bits per heavy atom. The minimum Gasteiger partial charge on any atom is -0.365 e. The molecule has 1 N–H and O–H groups in total. The number of rotatable bonds is 4. The molecule has 0 amide bonds. The molecular weight excluding hydrogens is 318 g/mol. The summed E-state index contributed by atoms with van der Waals surface area (Å²) in [5, 5.41) is 4.48. The normalized spacial score (nSPS) is 10.8. The van der Waals surface area contributed by atoms with Crippen molar-refractivity contribution < 1.29 is 0 Å². The Bertz CT molecular complexity index is 1050. The fraction of sp³-hybridized carbons (Fsp3) is 0.130. The van der Waals surface area contributed by atoms with Crippen molar-refractivity contribution in [2.24, 2.45) is 0 Å². The van der Waals surface area contributed by atoms with Gasteiger partial charge in [-0.3, -0.25) is 0 Å². The summed E-state index contributed by atoms with van der Waals surface area (Å²) in [6.45, 7) is 4.95. The van der Waals surface area contributed by atoms with E-state index in [0.717, 1.165) is 23.3 Å². The quantitative estimate of drug-likeness (QED) is 0.531. The van der Waals surface area contributed by atoms with Gasteiger partial charge in [-0.25, -0.2) is 9.97 Å². The van der Waals surface area contributed by atoms with Gasteiger partial charge in [0, 0.05) is 11.9 Å². The van der Waals surface area contributed by atoms with E-state index < -0.39 is 0 Å². The molecule has 0 atom stereocenters. The van der Waals surface area contributed by atoms with Crippen LogP contribution in [0.2, 0.25) is 0 Å². The largest absolute Gasteiger partial charge is 0.365 e. The molecule has 3 heteroatoms. The van der Waals surface area contributed by atoms with Crippen LogP contribution in [0, 0.1) is 13.8 Å². The van der Waals surface area contributed by atoms with E-state index in [4.69, 9.17) is 0 Å². The highest BCUT2D eigenvalue weighted by Gasteiger charge is 2.06. The first-order valence-electron chi connectivity index (χ1n) is 8.80. The maximum absolute atomic E-state index is 4.47. The summed E-state index contributed by atoms with van der Waals surface area (Å²) >= 11 is 0. The topological polar surface area (TPSA) is 37.8 Å². The van der Waals surface area contributed by atoms with Gasteiger partial charge in [-0.1, -0.05) is 65.7 Å². The van der Waals surface area contributed by atoms with E-state index in [2.05, 4.69) is 95.9 Å². The molecule has 4 aromatic rings. The number of nitrogens with zero attached hydrogens (tertiary/aromatic N) is 2. The van der Waals surface area contributed by atoms with Crippen molar-refractivity contribution in [3.63, 3.8) is 0 Å². The van der Waals surface area contributed by atoms with Crippen LogP contribution in [0.1, 0.15) is 16.7 Å². The molecule has 1 heterocycles.